The molecule has 2 heterocycles. The lowest BCUT2D eigenvalue weighted by Gasteiger charge is -2.30. The van der Waals surface area contributed by atoms with Gasteiger partial charge in [-0.25, -0.2) is 9.78 Å². The standard InChI is InChI=1S/C25H26N4O4S/c1-15-12-16(2)26-24-22(15)29(10-11-34-24)25(31)27-18-7-5-6-17(13-18)23(30)28-20-9-8-19(32-3)14-21(20)33-4/h5-9,12-14H,10-11H2,1-4H3,(H,27,31)(H,28,30). The Morgan fingerprint density at radius 2 is 1.85 bits per heavy atom. The van der Waals surface area contributed by atoms with Crippen molar-refractivity contribution in [3.05, 3.63) is 65.4 Å². The van der Waals surface area contributed by atoms with E-state index in [9.17, 15) is 9.59 Å². The third-order valence-corrected chi connectivity index (χ3v) is 6.33. The summed E-state index contributed by atoms with van der Waals surface area (Å²) in [5.41, 5.74) is 4.21. The molecule has 0 saturated heterocycles. The van der Waals surface area contributed by atoms with E-state index in [4.69, 9.17) is 9.47 Å². The van der Waals surface area contributed by atoms with E-state index in [-0.39, 0.29) is 11.9 Å². The molecule has 0 saturated carbocycles. The molecule has 8 nitrogen and oxygen atoms in total. The highest BCUT2D eigenvalue weighted by Crippen LogP contribution is 2.36. The fraction of sp³-hybridized carbons (Fsp3) is 0.240. The second-order valence-corrected chi connectivity index (χ2v) is 8.85. The van der Waals surface area contributed by atoms with E-state index in [1.165, 1.54) is 7.11 Å². The Morgan fingerprint density at radius 1 is 1.03 bits per heavy atom. The number of fused-ring (bicyclic) bond motifs is 1. The average Bonchev–Trinajstić information content (AvgIpc) is 2.83. The maximum atomic E-state index is 13.1. The van der Waals surface area contributed by atoms with Gasteiger partial charge in [-0.3, -0.25) is 9.69 Å². The highest BCUT2D eigenvalue weighted by molar-refractivity contribution is 7.99. The second-order valence-electron chi connectivity index (χ2n) is 7.77. The first-order valence-electron chi connectivity index (χ1n) is 10.7. The number of urea groups is 1. The molecule has 9 heteroatoms. The molecule has 3 aromatic rings. The normalized spacial score (nSPS) is 12.5. The first-order valence-corrected chi connectivity index (χ1v) is 11.7. The molecular weight excluding hydrogens is 452 g/mol. The molecule has 2 N–H and O–H groups in total. The van der Waals surface area contributed by atoms with Gasteiger partial charge in [-0.2, -0.15) is 0 Å². The topological polar surface area (TPSA) is 92.8 Å². The molecule has 176 valence electrons. The van der Waals surface area contributed by atoms with E-state index >= 15 is 0 Å². The number of anilines is 3. The van der Waals surface area contributed by atoms with E-state index in [0.717, 1.165) is 27.7 Å². The second kappa shape index (κ2) is 10.0. The molecule has 4 rings (SSSR count). The van der Waals surface area contributed by atoms with E-state index in [1.54, 1.807) is 66.2 Å². The summed E-state index contributed by atoms with van der Waals surface area (Å²) < 4.78 is 10.5. The van der Waals surface area contributed by atoms with Crippen molar-refractivity contribution in [3.63, 3.8) is 0 Å². The molecule has 0 unspecified atom stereocenters. The first-order chi connectivity index (χ1) is 16.4. The van der Waals surface area contributed by atoms with Crippen molar-refractivity contribution in [2.24, 2.45) is 0 Å². The minimum absolute atomic E-state index is 0.260. The monoisotopic (exact) mass is 478 g/mol. The minimum Gasteiger partial charge on any atom is -0.497 e. The number of aryl methyl sites for hydroxylation is 2. The largest absolute Gasteiger partial charge is 0.497 e. The van der Waals surface area contributed by atoms with E-state index in [0.29, 0.717) is 35.0 Å². The van der Waals surface area contributed by atoms with Gasteiger partial charge in [0, 0.05) is 35.3 Å². The maximum Gasteiger partial charge on any atom is 0.326 e. The summed E-state index contributed by atoms with van der Waals surface area (Å²) in [5, 5.41) is 6.63. The zero-order valence-corrected chi connectivity index (χ0v) is 20.3. The van der Waals surface area contributed by atoms with Crippen LogP contribution >= 0.6 is 11.8 Å². The summed E-state index contributed by atoms with van der Waals surface area (Å²) in [7, 11) is 3.09. The van der Waals surface area contributed by atoms with E-state index in [2.05, 4.69) is 15.6 Å². The zero-order valence-electron chi connectivity index (χ0n) is 19.5. The molecule has 3 amide bonds. The number of benzene rings is 2. The van der Waals surface area contributed by atoms with Crippen molar-refractivity contribution in [1.82, 2.24) is 4.98 Å². The summed E-state index contributed by atoms with van der Waals surface area (Å²) in [6.07, 6.45) is 0. The fourth-order valence-electron chi connectivity index (χ4n) is 3.80. The van der Waals surface area contributed by atoms with Crippen LogP contribution in [0.4, 0.5) is 21.9 Å². The Balaban J connectivity index is 1.51. The van der Waals surface area contributed by atoms with Crippen molar-refractivity contribution in [1.29, 1.82) is 0 Å². The smallest absolute Gasteiger partial charge is 0.326 e. The number of amides is 3. The number of pyridine rings is 1. The number of thioether (sulfide) groups is 1. The zero-order chi connectivity index (χ0) is 24.2. The predicted molar refractivity (Wildman–Crippen MR) is 135 cm³/mol. The van der Waals surface area contributed by atoms with Gasteiger partial charge in [-0.1, -0.05) is 6.07 Å². The number of hydrogen-bond donors (Lipinski definition) is 2. The van der Waals surface area contributed by atoms with Crippen LogP contribution < -0.4 is 25.0 Å². The van der Waals surface area contributed by atoms with Crippen molar-refractivity contribution in [2.75, 3.05) is 42.1 Å². The molecule has 1 aliphatic rings. The number of rotatable bonds is 5. The molecule has 0 radical (unpaired) electrons. The Bertz CT molecular complexity index is 1250. The van der Waals surface area contributed by atoms with Crippen LogP contribution in [0, 0.1) is 13.8 Å². The van der Waals surface area contributed by atoms with Crippen LogP contribution in [0.2, 0.25) is 0 Å². The Morgan fingerprint density at radius 3 is 2.62 bits per heavy atom. The van der Waals surface area contributed by atoms with Crippen LogP contribution in [0.3, 0.4) is 0 Å². The van der Waals surface area contributed by atoms with E-state index in [1.807, 2.05) is 19.9 Å². The SMILES string of the molecule is COc1ccc(NC(=O)c2cccc(NC(=O)N3CCSc4nc(C)cc(C)c43)c2)c(OC)c1. The van der Waals surface area contributed by atoms with Gasteiger partial charge in [0.15, 0.2) is 0 Å². The highest BCUT2D eigenvalue weighted by atomic mass is 32.2. The number of aromatic nitrogens is 1. The number of ether oxygens (including phenoxy) is 2. The highest BCUT2D eigenvalue weighted by Gasteiger charge is 2.26. The van der Waals surface area contributed by atoms with Crippen LogP contribution in [0.15, 0.2) is 53.6 Å². The number of nitrogens with zero attached hydrogens (tertiary/aromatic N) is 2. The number of hydrogen-bond acceptors (Lipinski definition) is 6. The number of carbonyl (C=O) groups excluding carboxylic acids is 2. The third kappa shape index (κ3) is 4.94. The van der Waals surface area contributed by atoms with Crippen molar-refractivity contribution >= 4 is 40.8 Å². The van der Waals surface area contributed by atoms with E-state index < -0.39 is 0 Å². The van der Waals surface area contributed by atoms with Gasteiger partial charge >= 0.3 is 6.03 Å². The molecule has 0 fully saturated rings. The Hall–Kier alpha value is -3.72. The number of methoxy groups -OCH3 is 2. The van der Waals surface area contributed by atoms with Crippen LogP contribution in [0.25, 0.3) is 0 Å². The van der Waals surface area contributed by atoms with Crippen LogP contribution in [0.1, 0.15) is 21.6 Å². The van der Waals surface area contributed by atoms with Gasteiger partial charge < -0.3 is 20.1 Å². The number of carbonyl (C=O) groups is 2. The van der Waals surface area contributed by atoms with Crippen LogP contribution in [-0.4, -0.2) is 43.4 Å². The average molecular weight is 479 g/mol. The first kappa shape index (κ1) is 23.4. The van der Waals surface area contributed by atoms with Gasteiger partial charge in [0.25, 0.3) is 5.91 Å². The van der Waals surface area contributed by atoms with Gasteiger partial charge in [-0.05, 0) is 55.8 Å². The summed E-state index contributed by atoms with van der Waals surface area (Å²) in [6.45, 7) is 4.51. The fourth-order valence-corrected chi connectivity index (χ4v) is 4.88. The lowest BCUT2D eigenvalue weighted by atomic mass is 10.1. The number of nitrogens with one attached hydrogen (secondary N) is 2. The lowest BCUT2D eigenvalue weighted by Crippen LogP contribution is -2.39. The summed E-state index contributed by atoms with van der Waals surface area (Å²) in [5.74, 6) is 1.55. The van der Waals surface area contributed by atoms with Crippen molar-refractivity contribution in [3.8, 4) is 11.5 Å². The summed E-state index contributed by atoms with van der Waals surface area (Å²) in [6, 6.07) is 13.7. The van der Waals surface area contributed by atoms with Crippen molar-refractivity contribution in [2.45, 2.75) is 18.9 Å². The quantitative estimate of drug-likeness (QED) is 0.529. The molecule has 0 spiro atoms. The van der Waals surface area contributed by atoms with Gasteiger partial charge in [-0.15, -0.1) is 11.8 Å². The van der Waals surface area contributed by atoms with Gasteiger partial charge in [0.2, 0.25) is 0 Å². The lowest BCUT2D eigenvalue weighted by molar-refractivity contribution is 0.102. The molecule has 0 atom stereocenters. The van der Waals surface area contributed by atoms with Crippen LogP contribution in [-0.2, 0) is 0 Å². The molecule has 1 aliphatic heterocycles. The molecule has 0 bridgehead atoms. The Kier molecular flexibility index (Phi) is 6.93. The molecule has 1 aromatic heterocycles. The maximum absolute atomic E-state index is 13.1. The predicted octanol–water partition coefficient (Wildman–Crippen LogP) is 5.11. The molecule has 34 heavy (non-hydrogen) atoms. The van der Waals surface area contributed by atoms with Crippen LogP contribution in [0.5, 0.6) is 11.5 Å². The summed E-state index contributed by atoms with van der Waals surface area (Å²) >= 11 is 1.65. The van der Waals surface area contributed by atoms with Gasteiger partial charge in [0.05, 0.1) is 25.6 Å². The third-order valence-electron chi connectivity index (χ3n) is 5.38. The van der Waals surface area contributed by atoms with Crippen molar-refractivity contribution < 1.29 is 19.1 Å². The molecule has 2 aromatic carbocycles. The van der Waals surface area contributed by atoms with Gasteiger partial charge in [0.1, 0.15) is 16.5 Å². The summed E-state index contributed by atoms with van der Waals surface area (Å²) in [4.78, 5) is 32.3. The molecule has 0 aliphatic carbocycles. The minimum atomic E-state index is -0.324. The Labute approximate surface area is 202 Å². The molecular formula is C25H26N4O4S.